The van der Waals surface area contributed by atoms with Crippen LogP contribution in [0.1, 0.15) is 26.3 Å². The van der Waals surface area contributed by atoms with Gasteiger partial charge in [-0.2, -0.15) is 13.2 Å². The molecule has 11 nitrogen and oxygen atoms in total. The molecule has 0 radical (unpaired) electrons. The number of non-ortho nitro benzene ring substituents is 1. The number of benzene rings is 1. The molecule has 0 aliphatic carbocycles. The quantitative estimate of drug-likeness (QED) is 0.293. The van der Waals surface area contributed by atoms with Gasteiger partial charge in [0.1, 0.15) is 12.1 Å². The van der Waals surface area contributed by atoms with Crippen LogP contribution in [0.25, 0.3) is 0 Å². The molecule has 1 aromatic rings. The molecule has 31 heavy (non-hydrogen) atoms. The van der Waals surface area contributed by atoms with Crippen molar-refractivity contribution >= 4 is 35.2 Å². The number of carbonyl (C=O) groups excluding carboxylic acids is 4. The normalized spacial score (nSPS) is 16.5. The third kappa shape index (κ3) is 5.26. The number of urea groups is 1. The minimum absolute atomic E-state index is 0.256. The molecule has 14 heteroatoms. The summed E-state index contributed by atoms with van der Waals surface area (Å²) in [4.78, 5) is 58.2. The zero-order valence-corrected chi connectivity index (χ0v) is 16.4. The Labute approximate surface area is 172 Å². The summed E-state index contributed by atoms with van der Waals surface area (Å²) < 4.78 is 44.3. The van der Waals surface area contributed by atoms with Crippen molar-refractivity contribution in [3.05, 3.63) is 33.9 Å². The number of nitro groups is 1. The number of anilines is 1. The summed E-state index contributed by atoms with van der Waals surface area (Å²) in [7, 11) is 0. The Kier molecular flexibility index (Phi) is 6.23. The summed E-state index contributed by atoms with van der Waals surface area (Å²) in [6.45, 7) is 3.08. The maximum Gasteiger partial charge on any atom is 0.418 e. The van der Waals surface area contributed by atoms with Crippen LogP contribution in [0.15, 0.2) is 18.2 Å². The van der Waals surface area contributed by atoms with Gasteiger partial charge < -0.3 is 15.4 Å². The topological polar surface area (TPSA) is 148 Å². The van der Waals surface area contributed by atoms with Crippen molar-refractivity contribution in [1.82, 2.24) is 10.2 Å². The lowest BCUT2D eigenvalue weighted by Gasteiger charge is -2.18. The largest absolute Gasteiger partial charge is 0.451 e. The van der Waals surface area contributed by atoms with Crippen LogP contribution < -0.4 is 10.6 Å². The lowest BCUT2D eigenvalue weighted by Crippen LogP contribution is -2.42. The smallest absolute Gasteiger partial charge is 0.418 e. The zero-order chi connectivity index (χ0) is 23.7. The predicted molar refractivity (Wildman–Crippen MR) is 96.6 cm³/mol. The van der Waals surface area contributed by atoms with Crippen molar-refractivity contribution < 1.29 is 42.0 Å². The van der Waals surface area contributed by atoms with Crippen molar-refractivity contribution in [2.75, 3.05) is 11.9 Å². The molecular formula is C17H17F3N4O7. The van der Waals surface area contributed by atoms with Crippen LogP contribution in [0.4, 0.5) is 29.3 Å². The number of carbonyl (C=O) groups is 4. The third-order valence-electron chi connectivity index (χ3n) is 4.19. The number of hydrogen-bond donors (Lipinski definition) is 2. The van der Waals surface area contributed by atoms with Gasteiger partial charge in [0.15, 0.2) is 6.10 Å². The van der Waals surface area contributed by atoms with Gasteiger partial charge in [0.05, 0.1) is 16.2 Å². The SMILES string of the molecule is CC(OC(=O)CN1C(=O)NC(C)(C)C1=O)C(=O)Nc1ccc([N+](=O)[O-])cc1C(F)(F)F. The van der Waals surface area contributed by atoms with Crippen molar-refractivity contribution in [2.45, 2.75) is 38.6 Å². The van der Waals surface area contributed by atoms with Gasteiger partial charge in [-0.1, -0.05) is 0 Å². The van der Waals surface area contributed by atoms with Gasteiger partial charge in [-0.3, -0.25) is 29.4 Å². The minimum atomic E-state index is -5.01. The molecule has 168 valence electrons. The van der Waals surface area contributed by atoms with Gasteiger partial charge in [0, 0.05) is 12.1 Å². The predicted octanol–water partition coefficient (Wildman–Crippen LogP) is 1.81. The van der Waals surface area contributed by atoms with Crippen molar-refractivity contribution in [1.29, 1.82) is 0 Å². The Bertz CT molecular complexity index is 962. The van der Waals surface area contributed by atoms with Crippen molar-refractivity contribution in [3.8, 4) is 0 Å². The van der Waals surface area contributed by atoms with Crippen molar-refractivity contribution in [3.63, 3.8) is 0 Å². The molecule has 0 saturated carbocycles. The number of imide groups is 1. The molecule has 1 heterocycles. The van der Waals surface area contributed by atoms with E-state index in [1.165, 1.54) is 13.8 Å². The fourth-order valence-electron chi connectivity index (χ4n) is 2.60. The van der Waals surface area contributed by atoms with E-state index in [0.717, 1.165) is 13.0 Å². The number of halogens is 3. The van der Waals surface area contributed by atoms with Crippen LogP contribution >= 0.6 is 0 Å². The molecule has 4 amide bonds. The molecule has 1 unspecified atom stereocenters. The highest BCUT2D eigenvalue weighted by Crippen LogP contribution is 2.37. The van der Waals surface area contributed by atoms with E-state index < -0.39 is 70.0 Å². The first kappa shape index (κ1) is 23.6. The van der Waals surface area contributed by atoms with Gasteiger partial charge in [0.2, 0.25) is 0 Å². The summed E-state index contributed by atoms with van der Waals surface area (Å²) in [5, 5.41) is 14.9. The maximum atomic E-state index is 13.2. The molecule has 2 N–H and O–H groups in total. The molecule has 1 atom stereocenters. The first-order valence-corrected chi connectivity index (χ1v) is 8.63. The number of rotatable bonds is 6. The van der Waals surface area contributed by atoms with Gasteiger partial charge in [-0.25, -0.2) is 4.79 Å². The van der Waals surface area contributed by atoms with Gasteiger partial charge >= 0.3 is 18.2 Å². The molecule has 1 fully saturated rings. The number of nitrogens with zero attached hydrogens (tertiary/aromatic N) is 2. The van der Waals surface area contributed by atoms with E-state index in [9.17, 15) is 42.5 Å². The Morgan fingerprint density at radius 3 is 2.42 bits per heavy atom. The number of nitro benzene ring substituents is 1. The van der Waals surface area contributed by atoms with E-state index in [0.29, 0.717) is 11.0 Å². The summed E-state index contributed by atoms with van der Waals surface area (Å²) in [6.07, 6.45) is -6.61. The molecule has 1 aliphatic heterocycles. The molecule has 1 aromatic carbocycles. The fourth-order valence-corrected chi connectivity index (χ4v) is 2.60. The zero-order valence-electron chi connectivity index (χ0n) is 16.4. The van der Waals surface area contributed by atoms with E-state index in [1.807, 2.05) is 5.32 Å². The Hall–Kier alpha value is -3.71. The molecule has 1 saturated heterocycles. The van der Waals surface area contributed by atoms with Crippen LogP contribution in [-0.2, 0) is 25.3 Å². The number of ether oxygens (including phenoxy) is 1. The molecule has 0 bridgehead atoms. The first-order valence-electron chi connectivity index (χ1n) is 8.63. The Balaban J connectivity index is 2.08. The lowest BCUT2D eigenvalue weighted by molar-refractivity contribution is -0.385. The number of amides is 4. The fraction of sp³-hybridized carbons (Fsp3) is 0.412. The van der Waals surface area contributed by atoms with Crippen LogP contribution in [-0.4, -0.2) is 51.8 Å². The van der Waals surface area contributed by atoms with E-state index in [1.54, 1.807) is 0 Å². The second kappa shape index (κ2) is 8.20. The Morgan fingerprint density at radius 2 is 1.94 bits per heavy atom. The maximum absolute atomic E-state index is 13.2. The summed E-state index contributed by atoms with van der Waals surface area (Å²) >= 11 is 0. The summed E-state index contributed by atoms with van der Waals surface area (Å²) in [5.74, 6) is -3.01. The van der Waals surface area contributed by atoms with Crippen molar-refractivity contribution in [2.24, 2.45) is 0 Å². The first-order chi connectivity index (χ1) is 14.1. The molecule has 0 aromatic heterocycles. The highest BCUT2D eigenvalue weighted by molar-refractivity contribution is 6.08. The number of hydrogen-bond acceptors (Lipinski definition) is 7. The second-order valence-electron chi connectivity index (χ2n) is 7.05. The molecule has 0 spiro atoms. The summed E-state index contributed by atoms with van der Waals surface area (Å²) in [5.41, 5.74) is -4.30. The number of esters is 1. The van der Waals surface area contributed by atoms with Crippen LogP contribution in [0, 0.1) is 10.1 Å². The summed E-state index contributed by atoms with van der Waals surface area (Å²) in [6, 6.07) is 0.875. The third-order valence-corrected chi connectivity index (χ3v) is 4.19. The molecule has 1 aliphatic rings. The number of nitrogens with one attached hydrogen (secondary N) is 2. The standard InChI is InChI=1S/C17H17F3N4O7/c1-8(31-12(25)7-23-14(27)16(2,3)22-15(23)28)13(26)21-11-5-4-9(24(29)30)6-10(11)17(18,19)20/h4-6,8H,7H2,1-3H3,(H,21,26)(H,22,28). The number of alkyl halides is 3. The molecule has 2 rings (SSSR count). The average molecular weight is 446 g/mol. The van der Waals surface area contributed by atoms with E-state index >= 15 is 0 Å². The van der Waals surface area contributed by atoms with E-state index in [4.69, 9.17) is 4.74 Å². The van der Waals surface area contributed by atoms with Crippen LogP contribution in [0.3, 0.4) is 0 Å². The lowest BCUT2D eigenvalue weighted by atomic mass is 10.1. The highest BCUT2D eigenvalue weighted by Gasteiger charge is 2.45. The van der Waals surface area contributed by atoms with Crippen LogP contribution in [0.2, 0.25) is 0 Å². The average Bonchev–Trinajstić information content (AvgIpc) is 2.82. The van der Waals surface area contributed by atoms with E-state index in [2.05, 4.69) is 5.32 Å². The second-order valence-corrected chi connectivity index (χ2v) is 7.05. The van der Waals surface area contributed by atoms with Gasteiger partial charge in [0.25, 0.3) is 17.5 Å². The molecular weight excluding hydrogens is 429 g/mol. The monoisotopic (exact) mass is 446 g/mol. The van der Waals surface area contributed by atoms with Gasteiger partial charge in [-0.15, -0.1) is 0 Å². The van der Waals surface area contributed by atoms with Crippen LogP contribution in [0.5, 0.6) is 0 Å². The highest BCUT2D eigenvalue weighted by atomic mass is 19.4. The minimum Gasteiger partial charge on any atom is -0.451 e. The van der Waals surface area contributed by atoms with Gasteiger partial charge in [-0.05, 0) is 26.8 Å². The Morgan fingerprint density at radius 1 is 1.32 bits per heavy atom. The van der Waals surface area contributed by atoms with E-state index in [-0.39, 0.29) is 6.07 Å².